The van der Waals surface area contributed by atoms with E-state index in [2.05, 4.69) is 5.32 Å². The van der Waals surface area contributed by atoms with Gasteiger partial charge in [-0.25, -0.2) is 4.39 Å². The van der Waals surface area contributed by atoms with Gasteiger partial charge in [-0.3, -0.25) is 9.59 Å². The van der Waals surface area contributed by atoms with Crippen LogP contribution in [-0.2, 0) is 22.6 Å². The Morgan fingerprint density at radius 1 is 1.20 bits per heavy atom. The molecule has 2 amide bonds. The summed E-state index contributed by atoms with van der Waals surface area (Å²) >= 11 is 0. The standard InChI is InChI=1S/C20H21FN2O2/c1-13(2)23-18(24)11-14-7-3-5-9-16(14)19(23)20(25)22-12-15-8-4-6-10-17(15)21/h3-10,13,19H,11-12H2,1-2H3,(H,22,25)/t19-/m1/s1. The highest BCUT2D eigenvalue weighted by Crippen LogP contribution is 2.32. The summed E-state index contributed by atoms with van der Waals surface area (Å²) < 4.78 is 13.8. The predicted molar refractivity (Wildman–Crippen MR) is 93.1 cm³/mol. The molecule has 0 saturated carbocycles. The average Bonchev–Trinajstić information content (AvgIpc) is 2.59. The van der Waals surface area contributed by atoms with Crippen LogP contribution < -0.4 is 5.32 Å². The third kappa shape index (κ3) is 3.40. The first-order valence-electron chi connectivity index (χ1n) is 8.39. The van der Waals surface area contributed by atoms with E-state index in [9.17, 15) is 14.0 Å². The molecule has 0 bridgehead atoms. The van der Waals surface area contributed by atoms with Gasteiger partial charge in [-0.05, 0) is 31.0 Å². The van der Waals surface area contributed by atoms with Crippen molar-refractivity contribution in [2.75, 3.05) is 0 Å². The van der Waals surface area contributed by atoms with Crippen LogP contribution >= 0.6 is 0 Å². The summed E-state index contributed by atoms with van der Waals surface area (Å²) in [5.74, 6) is -0.721. The molecule has 3 rings (SSSR count). The molecule has 0 aromatic heterocycles. The minimum atomic E-state index is -0.691. The number of nitrogens with zero attached hydrogens (tertiary/aromatic N) is 1. The second-order valence-electron chi connectivity index (χ2n) is 6.48. The first-order valence-corrected chi connectivity index (χ1v) is 8.39. The lowest BCUT2D eigenvalue weighted by Crippen LogP contribution is -2.50. The number of amides is 2. The van der Waals surface area contributed by atoms with Crippen LogP contribution in [-0.4, -0.2) is 22.8 Å². The number of carbonyl (C=O) groups is 2. The van der Waals surface area contributed by atoms with E-state index >= 15 is 0 Å². The van der Waals surface area contributed by atoms with Gasteiger partial charge >= 0.3 is 0 Å². The van der Waals surface area contributed by atoms with Crippen molar-refractivity contribution in [1.82, 2.24) is 10.2 Å². The van der Waals surface area contributed by atoms with Gasteiger partial charge in [0.05, 0.1) is 6.42 Å². The summed E-state index contributed by atoms with van der Waals surface area (Å²) in [5, 5.41) is 2.78. The Balaban J connectivity index is 1.88. The molecule has 1 atom stereocenters. The van der Waals surface area contributed by atoms with Crippen molar-refractivity contribution >= 4 is 11.8 Å². The summed E-state index contributed by atoms with van der Waals surface area (Å²) in [7, 11) is 0. The van der Waals surface area contributed by atoms with Gasteiger partial charge < -0.3 is 10.2 Å². The van der Waals surface area contributed by atoms with Crippen LogP contribution in [0.5, 0.6) is 0 Å². The van der Waals surface area contributed by atoms with E-state index in [4.69, 9.17) is 0 Å². The van der Waals surface area contributed by atoms with Gasteiger partial charge in [0.2, 0.25) is 11.8 Å². The fourth-order valence-corrected chi connectivity index (χ4v) is 3.28. The molecule has 4 nitrogen and oxygen atoms in total. The van der Waals surface area contributed by atoms with Crippen LogP contribution in [0.4, 0.5) is 4.39 Å². The number of halogens is 1. The maximum absolute atomic E-state index is 13.8. The zero-order valence-electron chi connectivity index (χ0n) is 14.3. The van der Waals surface area contributed by atoms with Crippen molar-refractivity contribution in [3.05, 3.63) is 71.0 Å². The fourth-order valence-electron chi connectivity index (χ4n) is 3.28. The van der Waals surface area contributed by atoms with E-state index in [0.29, 0.717) is 12.0 Å². The highest BCUT2D eigenvalue weighted by Gasteiger charge is 2.38. The maximum atomic E-state index is 13.8. The number of rotatable bonds is 4. The summed E-state index contributed by atoms with van der Waals surface area (Å²) in [4.78, 5) is 27.0. The van der Waals surface area contributed by atoms with Crippen LogP contribution in [0, 0.1) is 5.82 Å². The van der Waals surface area contributed by atoms with Gasteiger partial charge in [0, 0.05) is 18.2 Å². The Hall–Kier alpha value is -2.69. The van der Waals surface area contributed by atoms with E-state index in [-0.39, 0.29) is 30.2 Å². The van der Waals surface area contributed by atoms with Crippen molar-refractivity contribution in [2.24, 2.45) is 0 Å². The lowest BCUT2D eigenvalue weighted by molar-refractivity contribution is -0.143. The second-order valence-corrected chi connectivity index (χ2v) is 6.48. The Labute approximate surface area is 146 Å². The Morgan fingerprint density at radius 3 is 2.60 bits per heavy atom. The Morgan fingerprint density at radius 2 is 1.88 bits per heavy atom. The molecule has 0 spiro atoms. The summed E-state index contributed by atoms with van der Waals surface area (Å²) in [6.45, 7) is 3.87. The van der Waals surface area contributed by atoms with Crippen LogP contribution in [0.25, 0.3) is 0 Å². The zero-order valence-corrected chi connectivity index (χ0v) is 14.3. The van der Waals surface area contributed by atoms with Gasteiger partial charge in [-0.15, -0.1) is 0 Å². The summed E-state index contributed by atoms with van der Waals surface area (Å²) in [6, 6.07) is 13.0. The molecule has 25 heavy (non-hydrogen) atoms. The van der Waals surface area contributed by atoms with Gasteiger partial charge in [0.25, 0.3) is 0 Å². The topological polar surface area (TPSA) is 49.4 Å². The molecular formula is C20H21FN2O2. The largest absolute Gasteiger partial charge is 0.350 e. The van der Waals surface area contributed by atoms with E-state index in [0.717, 1.165) is 11.1 Å². The molecule has 1 heterocycles. The third-order valence-corrected chi connectivity index (χ3v) is 4.47. The van der Waals surface area contributed by atoms with E-state index < -0.39 is 6.04 Å². The van der Waals surface area contributed by atoms with Crippen LogP contribution in [0.2, 0.25) is 0 Å². The molecule has 0 saturated heterocycles. The molecule has 2 aromatic rings. The molecule has 0 radical (unpaired) electrons. The predicted octanol–water partition coefficient (Wildman–Crippen LogP) is 2.98. The van der Waals surface area contributed by atoms with Crippen molar-refractivity contribution in [2.45, 2.75) is 38.9 Å². The minimum absolute atomic E-state index is 0.0697. The van der Waals surface area contributed by atoms with E-state index in [1.54, 1.807) is 23.1 Å². The molecule has 130 valence electrons. The van der Waals surface area contributed by atoms with E-state index in [1.165, 1.54) is 6.07 Å². The molecule has 0 fully saturated rings. The molecule has 5 heteroatoms. The second kappa shape index (κ2) is 7.05. The molecule has 1 aliphatic heterocycles. The molecule has 1 aliphatic rings. The minimum Gasteiger partial charge on any atom is -0.350 e. The number of benzene rings is 2. The number of carbonyl (C=O) groups excluding carboxylic acids is 2. The van der Waals surface area contributed by atoms with E-state index in [1.807, 2.05) is 38.1 Å². The van der Waals surface area contributed by atoms with Crippen molar-refractivity contribution < 1.29 is 14.0 Å². The van der Waals surface area contributed by atoms with Crippen LogP contribution in [0.15, 0.2) is 48.5 Å². The smallest absolute Gasteiger partial charge is 0.247 e. The lowest BCUT2D eigenvalue weighted by Gasteiger charge is -2.39. The first kappa shape index (κ1) is 17.1. The normalized spacial score (nSPS) is 16.7. The third-order valence-electron chi connectivity index (χ3n) is 4.47. The zero-order chi connectivity index (χ0) is 18.0. The quantitative estimate of drug-likeness (QED) is 0.930. The maximum Gasteiger partial charge on any atom is 0.247 e. The lowest BCUT2D eigenvalue weighted by atomic mass is 9.90. The van der Waals surface area contributed by atoms with Gasteiger partial charge in [-0.1, -0.05) is 42.5 Å². The number of fused-ring (bicyclic) bond motifs is 1. The van der Waals surface area contributed by atoms with Gasteiger partial charge in [-0.2, -0.15) is 0 Å². The molecule has 0 unspecified atom stereocenters. The molecule has 0 aliphatic carbocycles. The highest BCUT2D eigenvalue weighted by molar-refractivity contribution is 5.92. The SMILES string of the molecule is CC(C)N1C(=O)Cc2ccccc2[C@@H]1C(=O)NCc1ccccc1F. The monoisotopic (exact) mass is 340 g/mol. The van der Waals surface area contributed by atoms with Crippen molar-refractivity contribution in [3.63, 3.8) is 0 Å². The van der Waals surface area contributed by atoms with Crippen LogP contribution in [0.3, 0.4) is 0 Å². The highest BCUT2D eigenvalue weighted by atomic mass is 19.1. The first-order chi connectivity index (χ1) is 12.0. The molecule has 2 aromatic carbocycles. The van der Waals surface area contributed by atoms with Crippen molar-refractivity contribution in [3.8, 4) is 0 Å². The van der Waals surface area contributed by atoms with Gasteiger partial charge in [0.15, 0.2) is 0 Å². The summed E-state index contributed by atoms with van der Waals surface area (Å²) in [5.41, 5.74) is 2.12. The van der Waals surface area contributed by atoms with Crippen LogP contribution in [0.1, 0.15) is 36.6 Å². The summed E-state index contributed by atoms with van der Waals surface area (Å²) in [6.07, 6.45) is 0.297. The molecular weight excluding hydrogens is 319 g/mol. The number of hydrogen-bond donors (Lipinski definition) is 1. The average molecular weight is 340 g/mol. The van der Waals surface area contributed by atoms with Gasteiger partial charge in [0.1, 0.15) is 11.9 Å². The number of hydrogen-bond acceptors (Lipinski definition) is 2. The fraction of sp³-hybridized carbons (Fsp3) is 0.300. The number of nitrogens with one attached hydrogen (secondary N) is 1. The molecule has 1 N–H and O–H groups in total. The Bertz CT molecular complexity index is 804. The Kier molecular flexibility index (Phi) is 4.83. The van der Waals surface area contributed by atoms with Crippen molar-refractivity contribution in [1.29, 1.82) is 0 Å².